The van der Waals surface area contributed by atoms with E-state index in [1.807, 2.05) is 48.5 Å². The summed E-state index contributed by atoms with van der Waals surface area (Å²) in [4.78, 5) is 12.6. The minimum atomic E-state index is -0.290. The molecule has 0 bridgehead atoms. The fourth-order valence-electron chi connectivity index (χ4n) is 2.51. The molecule has 1 N–H and O–H groups in total. The minimum Gasteiger partial charge on any atom is -0.491 e. The van der Waals surface area contributed by atoms with E-state index in [0.29, 0.717) is 34.4 Å². The summed E-state index contributed by atoms with van der Waals surface area (Å²) in [5, 5.41) is 3.15. The van der Waals surface area contributed by atoms with Crippen LogP contribution in [0, 0.1) is 0 Å². The number of benzene rings is 3. The van der Waals surface area contributed by atoms with Crippen LogP contribution in [0.15, 0.2) is 71.2 Å². The predicted molar refractivity (Wildman–Crippen MR) is 111 cm³/mol. The van der Waals surface area contributed by atoms with Gasteiger partial charge in [-0.05, 0) is 35.9 Å². The van der Waals surface area contributed by atoms with Crippen molar-refractivity contribution in [3.63, 3.8) is 0 Å². The maximum Gasteiger partial charge on any atom is 0.255 e. The van der Waals surface area contributed by atoms with Crippen molar-refractivity contribution in [2.24, 2.45) is 0 Å². The molecule has 3 aromatic carbocycles. The molecule has 0 saturated heterocycles. The molecule has 27 heavy (non-hydrogen) atoms. The van der Waals surface area contributed by atoms with Gasteiger partial charge >= 0.3 is 0 Å². The lowest BCUT2D eigenvalue weighted by molar-refractivity contribution is 0.102. The van der Waals surface area contributed by atoms with Crippen molar-refractivity contribution in [1.82, 2.24) is 0 Å². The first kappa shape index (κ1) is 19.3. The number of ether oxygens (including phenoxy) is 2. The predicted octanol–water partition coefficient (Wildman–Crippen LogP) is 5.94. The normalized spacial score (nSPS) is 10.3. The van der Waals surface area contributed by atoms with Crippen molar-refractivity contribution in [3.05, 3.63) is 87.4 Å². The molecule has 0 aliphatic carbocycles. The molecule has 138 valence electrons. The highest BCUT2D eigenvalue weighted by Crippen LogP contribution is 2.37. The van der Waals surface area contributed by atoms with Gasteiger partial charge in [-0.2, -0.15) is 0 Å². The zero-order chi connectivity index (χ0) is 19.2. The topological polar surface area (TPSA) is 47.6 Å². The van der Waals surface area contributed by atoms with Gasteiger partial charge in [-0.25, -0.2) is 0 Å². The Morgan fingerprint density at radius 2 is 1.85 bits per heavy atom. The van der Waals surface area contributed by atoms with Gasteiger partial charge in [0.25, 0.3) is 5.91 Å². The van der Waals surface area contributed by atoms with E-state index in [4.69, 9.17) is 21.1 Å². The molecule has 0 radical (unpaired) electrons. The fourth-order valence-corrected chi connectivity index (χ4v) is 3.20. The summed E-state index contributed by atoms with van der Waals surface area (Å²) in [5.41, 5.74) is 2.05. The van der Waals surface area contributed by atoms with Crippen molar-refractivity contribution >= 4 is 39.1 Å². The van der Waals surface area contributed by atoms with Gasteiger partial charge in [0.05, 0.1) is 12.1 Å². The van der Waals surface area contributed by atoms with Gasteiger partial charge in [-0.15, -0.1) is 0 Å². The summed E-state index contributed by atoms with van der Waals surface area (Å²) < 4.78 is 12.1. The van der Waals surface area contributed by atoms with E-state index in [1.165, 1.54) is 7.11 Å². The first-order valence-electron chi connectivity index (χ1n) is 8.18. The summed E-state index contributed by atoms with van der Waals surface area (Å²) in [6.07, 6.45) is 0. The molecule has 0 spiro atoms. The molecule has 0 saturated carbocycles. The third-order valence-corrected chi connectivity index (χ3v) is 4.57. The van der Waals surface area contributed by atoms with Crippen LogP contribution in [0.25, 0.3) is 0 Å². The largest absolute Gasteiger partial charge is 0.491 e. The number of anilines is 1. The number of carbonyl (C=O) groups excluding carboxylic acids is 1. The van der Waals surface area contributed by atoms with Gasteiger partial charge in [0.15, 0.2) is 11.5 Å². The summed E-state index contributed by atoms with van der Waals surface area (Å²) in [6, 6.07) is 20.3. The van der Waals surface area contributed by atoms with E-state index in [2.05, 4.69) is 21.2 Å². The zero-order valence-electron chi connectivity index (χ0n) is 14.5. The third kappa shape index (κ3) is 5.02. The highest BCUT2D eigenvalue weighted by atomic mass is 79.9. The fraction of sp³-hybridized carbons (Fsp3) is 0.0952. The Morgan fingerprint density at radius 1 is 1.07 bits per heavy atom. The van der Waals surface area contributed by atoms with Gasteiger partial charge < -0.3 is 14.8 Å². The van der Waals surface area contributed by atoms with Crippen LogP contribution in [0.4, 0.5) is 5.69 Å². The van der Waals surface area contributed by atoms with Crippen molar-refractivity contribution in [2.75, 3.05) is 12.4 Å². The Hall–Kier alpha value is -2.50. The lowest BCUT2D eigenvalue weighted by atomic mass is 10.1. The van der Waals surface area contributed by atoms with Crippen LogP contribution in [0.5, 0.6) is 11.5 Å². The monoisotopic (exact) mass is 445 g/mol. The molecule has 6 heteroatoms. The number of rotatable bonds is 6. The van der Waals surface area contributed by atoms with E-state index >= 15 is 0 Å². The number of halogens is 2. The zero-order valence-corrected chi connectivity index (χ0v) is 16.9. The summed E-state index contributed by atoms with van der Waals surface area (Å²) in [7, 11) is 1.51. The Labute approximate surface area is 171 Å². The van der Waals surface area contributed by atoms with Gasteiger partial charge in [-0.3, -0.25) is 4.79 Å². The second-order valence-corrected chi connectivity index (χ2v) is 7.05. The average Bonchev–Trinajstić information content (AvgIpc) is 2.66. The molecule has 0 fully saturated rings. The third-order valence-electron chi connectivity index (χ3n) is 3.80. The van der Waals surface area contributed by atoms with Crippen molar-refractivity contribution in [3.8, 4) is 11.5 Å². The Kier molecular flexibility index (Phi) is 6.37. The number of amides is 1. The second-order valence-electron chi connectivity index (χ2n) is 5.73. The molecule has 4 nitrogen and oxygen atoms in total. The second kappa shape index (κ2) is 8.93. The van der Waals surface area contributed by atoms with Crippen LogP contribution in [0.3, 0.4) is 0 Å². The van der Waals surface area contributed by atoms with Crippen LogP contribution in [-0.2, 0) is 6.61 Å². The Bertz CT molecular complexity index is 947. The molecule has 3 aromatic rings. The maximum absolute atomic E-state index is 12.6. The van der Waals surface area contributed by atoms with E-state index in [9.17, 15) is 4.79 Å². The lowest BCUT2D eigenvalue weighted by Crippen LogP contribution is -2.12. The quantitative estimate of drug-likeness (QED) is 0.509. The van der Waals surface area contributed by atoms with Crippen LogP contribution < -0.4 is 14.8 Å². The number of hydrogen-bond acceptors (Lipinski definition) is 3. The summed E-state index contributed by atoms with van der Waals surface area (Å²) in [6.45, 7) is 0.338. The highest BCUT2D eigenvalue weighted by molar-refractivity contribution is 9.10. The van der Waals surface area contributed by atoms with Crippen LogP contribution >= 0.6 is 27.5 Å². The first-order chi connectivity index (χ1) is 13.1. The highest BCUT2D eigenvalue weighted by Gasteiger charge is 2.16. The van der Waals surface area contributed by atoms with Crippen molar-refractivity contribution < 1.29 is 14.3 Å². The van der Waals surface area contributed by atoms with E-state index in [1.54, 1.807) is 18.2 Å². The van der Waals surface area contributed by atoms with Gasteiger partial charge in [0.2, 0.25) is 0 Å². The number of nitrogens with one attached hydrogen (secondary N) is 1. The number of carbonyl (C=O) groups is 1. The smallest absolute Gasteiger partial charge is 0.255 e. The SMILES string of the molecule is COc1c(Cl)cc(C(=O)Nc2cccc(Br)c2)cc1OCc1ccccc1. The van der Waals surface area contributed by atoms with Crippen LogP contribution in [-0.4, -0.2) is 13.0 Å². The van der Waals surface area contributed by atoms with E-state index < -0.39 is 0 Å². The first-order valence-corrected chi connectivity index (χ1v) is 9.35. The molecule has 3 rings (SSSR count). The van der Waals surface area contributed by atoms with E-state index in [-0.39, 0.29) is 5.91 Å². The molecule has 0 heterocycles. The molecule has 0 aliphatic rings. The maximum atomic E-state index is 12.6. The van der Waals surface area contributed by atoms with E-state index in [0.717, 1.165) is 10.0 Å². The average molecular weight is 447 g/mol. The Morgan fingerprint density at radius 3 is 2.56 bits per heavy atom. The minimum absolute atomic E-state index is 0.290. The molecule has 0 aliphatic heterocycles. The lowest BCUT2D eigenvalue weighted by Gasteiger charge is -2.14. The van der Waals surface area contributed by atoms with Crippen molar-refractivity contribution in [1.29, 1.82) is 0 Å². The standard InChI is InChI=1S/C21H17BrClNO3/c1-26-20-18(23)10-15(21(25)24-17-9-5-8-16(22)12-17)11-19(20)27-13-14-6-3-2-4-7-14/h2-12H,13H2,1H3,(H,24,25). The number of hydrogen-bond donors (Lipinski definition) is 1. The molecule has 0 aromatic heterocycles. The Balaban J connectivity index is 1.83. The van der Waals surface area contributed by atoms with Crippen molar-refractivity contribution in [2.45, 2.75) is 6.61 Å². The molecular weight excluding hydrogens is 430 g/mol. The molecule has 0 atom stereocenters. The summed E-state index contributed by atoms with van der Waals surface area (Å²) in [5.74, 6) is 0.516. The van der Waals surface area contributed by atoms with Gasteiger partial charge in [0.1, 0.15) is 6.61 Å². The van der Waals surface area contributed by atoms with Crippen LogP contribution in [0.2, 0.25) is 5.02 Å². The molecular formula is C21H17BrClNO3. The number of methoxy groups -OCH3 is 1. The molecule has 0 unspecified atom stereocenters. The van der Waals surface area contributed by atoms with Gasteiger partial charge in [-0.1, -0.05) is 63.9 Å². The molecule has 1 amide bonds. The summed E-state index contributed by atoms with van der Waals surface area (Å²) >= 11 is 9.68. The van der Waals surface area contributed by atoms with Crippen LogP contribution in [0.1, 0.15) is 15.9 Å². The van der Waals surface area contributed by atoms with Gasteiger partial charge in [0, 0.05) is 15.7 Å².